The quantitative estimate of drug-likeness (QED) is 0.847. The molecule has 0 unspecified atom stereocenters. The van der Waals surface area contributed by atoms with Crippen molar-refractivity contribution in [2.24, 2.45) is 11.7 Å². The Balaban J connectivity index is 0.00000112. The van der Waals surface area contributed by atoms with Gasteiger partial charge in [-0.15, -0.1) is 12.4 Å². The molecule has 15 heavy (non-hydrogen) atoms. The van der Waals surface area contributed by atoms with Crippen LogP contribution in [0.5, 0.6) is 5.75 Å². The first kappa shape index (κ1) is 13.3. The number of hydrogen-bond acceptors (Lipinski definition) is 2. The van der Waals surface area contributed by atoms with E-state index in [1.165, 1.54) is 12.8 Å². The number of halogens is 3. The first-order valence-electron chi connectivity index (χ1n) is 4.53. The molecule has 0 saturated heterocycles. The van der Waals surface area contributed by atoms with Crippen LogP contribution < -0.4 is 5.73 Å². The van der Waals surface area contributed by atoms with Gasteiger partial charge in [0.25, 0.3) is 0 Å². The Kier molecular flexibility index (Phi) is 4.47. The average Bonchev–Trinajstić information content (AvgIpc) is 2.93. The van der Waals surface area contributed by atoms with E-state index in [2.05, 4.69) is 31.9 Å². The summed E-state index contributed by atoms with van der Waals surface area (Å²) in [6, 6.07) is 3.67. The molecule has 84 valence electrons. The molecule has 2 rings (SSSR count). The normalized spacial score (nSPS) is 17.0. The summed E-state index contributed by atoms with van der Waals surface area (Å²) >= 11 is 6.69. The van der Waals surface area contributed by atoms with Crippen LogP contribution in [-0.4, -0.2) is 5.11 Å². The van der Waals surface area contributed by atoms with Crippen molar-refractivity contribution in [3.8, 4) is 5.75 Å². The minimum Gasteiger partial charge on any atom is -0.506 e. The standard InChI is InChI=1S/C10H11Br2NO.ClH/c11-6-3-7(9(13)5-1-2-5)10(14)8(12)4-6;/h3-5,9,14H,1-2,13H2;1H/t9-;/m1./s1. The van der Waals surface area contributed by atoms with E-state index in [9.17, 15) is 5.11 Å². The lowest BCUT2D eigenvalue weighted by molar-refractivity contribution is 0.452. The van der Waals surface area contributed by atoms with Gasteiger partial charge in [0.1, 0.15) is 5.75 Å². The first-order chi connectivity index (χ1) is 6.59. The van der Waals surface area contributed by atoms with E-state index in [1.807, 2.05) is 12.1 Å². The Hall–Kier alpha value is 0.230. The number of phenolic OH excluding ortho intramolecular Hbond substituents is 1. The molecule has 1 atom stereocenters. The van der Waals surface area contributed by atoms with Crippen molar-refractivity contribution in [2.75, 3.05) is 0 Å². The molecule has 1 aromatic rings. The van der Waals surface area contributed by atoms with Gasteiger partial charge in [0.05, 0.1) is 4.47 Å². The zero-order valence-corrected chi connectivity index (χ0v) is 11.9. The second-order valence-electron chi connectivity index (χ2n) is 3.69. The highest BCUT2D eigenvalue weighted by atomic mass is 79.9. The van der Waals surface area contributed by atoms with Crippen molar-refractivity contribution in [2.45, 2.75) is 18.9 Å². The molecule has 1 aromatic carbocycles. The molecule has 1 aliphatic rings. The molecule has 0 spiro atoms. The number of rotatable bonds is 2. The van der Waals surface area contributed by atoms with E-state index in [4.69, 9.17) is 5.73 Å². The molecule has 0 aliphatic heterocycles. The van der Waals surface area contributed by atoms with Crippen LogP contribution in [-0.2, 0) is 0 Å². The summed E-state index contributed by atoms with van der Waals surface area (Å²) < 4.78 is 1.63. The minimum atomic E-state index is -0.0381. The van der Waals surface area contributed by atoms with Gasteiger partial charge in [0.2, 0.25) is 0 Å². The average molecular weight is 357 g/mol. The minimum absolute atomic E-state index is 0. The van der Waals surface area contributed by atoms with E-state index in [0.29, 0.717) is 10.4 Å². The topological polar surface area (TPSA) is 46.2 Å². The number of phenols is 1. The summed E-state index contributed by atoms with van der Waals surface area (Å²) in [7, 11) is 0. The highest BCUT2D eigenvalue weighted by Crippen LogP contribution is 2.44. The van der Waals surface area contributed by atoms with Gasteiger partial charge in [-0.05, 0) is 46.8 Å². The molecule has 0 amide bonds. The van der Waals surface area contributed by atoms with Crippen molar-refractivity contribution < 1.29 is 5.11 Å². The highest BCUT2D eigenvalue weighted by molar-refractivity contribution is 9.11. The summed E-state index contributed by atoms with van der Waals surface area (Å²) in [6.45, 7) is 0. The zero-order valence-electron chi connectivity index (χ0n) is 7.91. The van der Waals surface area contributed by atoms with Gasteiger partial charge in [-0.25, -0.2) is 0 Å². The maximum absolute atomic E-state index is 9.82. The maximum Gasteiger partial charge on any atom is 0.134 e. The number of benzene rings is 1. The van der Waals surface area contributed by atoms with Gasteiger partial charge in [0, 0.05) is 16.1 Å². The Morgan fingerprint density at radius 2 is 1.93 bits per heavy atom. The third-order valence-electron chi connectivity index (χ3n) is 2.55. The molecule has 2 nitrogen and oxygen atoms in total. The monoisotopic (exact) mass is 355 g/mol. The van der Waals surface area contributed by atoms with Gasteiger partial charge in [-0.3, -0.25) is 0 Å². The van der Waals surface area contributed by atoms with Crippen LogP contribution in [0, 0.1) is 5.92 Å². The second kappa shape index (κ2) is 5.04. The number of hydrogen-bond donors (Lipinski definition) is 2. The fourth-order valence-electron chi connectivity index (χ4n) is 1.55. The molecule has 0 radical (unpaired) electrons. The van der Waals surface area contributed by atoms with Crippen LogP contribution in [0.4, 0.5) is 0 Å². The van der Waals surface area contributed by atoms with Gasteiger partial charge >= 0.3 is 0 Å². The van der Waals surface area contributed by atoms with Crippen molar-refractivity contribution in [1.29, 1.82) is 0 Å². The van der Waals surface area contributed by atoms with E-state index >= 15 is 0 Å². The van der Waals surface area contributed by atoms with E-state index in [-0.39, 0.29) is 24.2 Å². The van der Waals surface area contributed by atoms with Crippen LogP contribution in [0.2, 0.25) is 0 Å². The van der Waals surface area contributed by atoms with Crippen LogP contribution in [0.1, 0.15) is 24.4 Å². The van der Waals surface area contributed by atoms with Gasteiger partial charge in [0.15, 0.2) is 0 Å². The molecule has 1 fully saturated rings. The summed E-state index contributed by atoms with van der Waals surface area (Å²) in [6.07, 6.45) is 2.34. The van der Waals surface area contributed by atoms with E-state index in [0.717, 1.165) is 10.0 Å². The SMILES string of the molecule is Cl.N[C@@H](c1cc(Br)cc(Br)c1O)C1CC1. The molecular weight excluding hydrogens is 345 g/mol. The maximum atomic E-state index is 9.82. The summed E-state index contributed by atoms with van der Waals surface area (Å²) in [5.41, 5.74) is 6.86. The lowest BCUT2D eigenvalue weighted by Crippen LogP contribution is -2.12. The lowest BCUT2D eigenvalue weighted by Gasteiger charge is -2.14. The van der Waals surface area contributed by atoms with Crippen molar-refractivity contribution in [1.82, 2.24) is 0 Å². The second-order valence-corrected chi connectivity index (χ2v) is 5.46. The molecular formula is C10H12Br2ClNO. The Labute approximate surface area is 112 Å². The molecule has 5 heteroatoms. The number of aromatic hydroxyl groups is 1. The van der Waals surface area contributed by atoms with Crippen LogP contribution in [0.3, 0.4) is 0 Å². The largest absolute Gasteiger partial charge is 0.506 e. The zero-order chi connectivity index (χ0) is 10.3. The van der Waals surface area contributed by atoms with E-state index in [1.54, 1.807) is 0 Å². The van der Waals surface area contributed by atoms with Crippen molar-refractivity contribution in [3.63, 3.8) is 0 Å². The lowest BCUT2D eigenvalue weighted by atomic mass is 10.0. The van der Waals surface area contributed by atoms with Crippen molar-refractivity contribution >= 4 is 44.3 Å². The molecule has 0 aromatic heterocycles. The molecule has 0 bridgehead atoms. The fourth-order valence-corrected chi connectivity index (χ4v) is 2.81. The smallest absolute Gasteiger partial charge is 0.134 e. The highest BCUT2D eigenvalue weighted by Gasteiger charge is 2.31. The predicted octanol–water partition coefficient (Wildman–Crippen LogP) is 3.75. The molecule has 3 N–H and O–H groups in total. The number of nitrogens with two attached hydrogens (primary N) is 1. The Morgan fingerprint density at radius 1 is 1.33 bits per heavy atom. The first-order valence-corrected chi connectivity index (χ1v) is 6.11. The van der Waals surface area contributed by atoms with Crippen LogP contribution in [0.25, 0.3) is 0 Å². The summed E-state index contributed by atoms with van der Waals surface area (Å²) in [5, 5.41) is 9.82. The van der Waals surface area contributed by atoms with Gasteiger partial charge in [-0.2, -0.15) is 0 Å². The fraction of sp³-hybridized carbons (Fsp3) is 0.400. The van der Waals surface area contributed by atoms with Gasteiger partial charge in [-0.1, -0.05) is 15.9 Å². The molecule has 1 aliphatic carbocycles. The van der Waals surface area contributed by atoms with Crippen molar-refractivity contribution in [3.05, 3.63) is 26.6 Å². The van der Waals surface area contributed by atoms with Gasteiger partial charge < -0.3 is 10.8 Å². The Morgan fingerprint density at radius 3 is 2.47 bits per heavy atom. The Bertz CT molecular complexity index is 369. The van der Waals surface area contributed by atoms with Crippen LogP contribution >= 0.6 is 44.3 Å². The third-order valence-corrected chi connectivity index (χ3v) is 3.61. The van der Waals surface area contributed by atoms with Crippen LogP contribution in [0.15, 0.2) is 21.1 Å². The summed E-state index contributed by atoms with van der Waals surface area (Å²) in [4.78, 5) is 0. The summed E-state index contributed by atoms with van der Waals surface area (Å²) in [5.74, 6) is 0.815. The molecule has 1 saturated carbocycles. The third kappa shape index (κ3) is 2.87. The molecule has 0 heterocycles. The van der Waals surface area contributed by atoms with E-state index < -0.39 is 0 Å². The predicted molar refractivity (Wildman–Crippen MR) is 70.4 cm³/mol.